The van der Waals surface area contributed by atoms with Crippen LogP contribution in [0.5, 0.6) is 0 Å². The normalized spacial score (nSPS) is 14.8. The van der Waals surface area contributed by atoms with Gasteiger partial charge in [0.25, 0.3) is 0 Å². The molecule has 5 heteroatoms. The van der Waals surface area contributed by atoms with Crippen molar-refractivity contribution in [2.45, 2.75) is 19.8 Å². The molecule has 0 spiro atoms. The van der Waals surface area contributed by atoms with Gasteiger partial charge in [-0.25, -0.2) is 4.79 Å². The van der Waals surface area contributed by atoms with Crippen molar-refractivity contribution in [3.05, 3.63) is 41.1 Å². The van der Waals surface area contributed by atoms with E-state index in [1.165, 1.54) is 6.20 Å². The van der Waals surface area contributed by atoms with Crippen molar-refractivity contribution in [1.29, 1.82) is 0 Å². The van der Waals surface area contributed by atoms with Crippen molar-refractivity contribution in [2.24, 2.45) is 5.92 Å². The Kier molecular flexibility index (Phi) is 4.79. The van der Waals surface area contributed by atoms with E-state index in [0.717, 1.165) is 12.8 Å². The van der Waals surface area contributed by atoms with Gasteiger partial charge < -0.3 is 10.1 Å². The fourth-order valence-electron chi connectivity index (χ4n) is 1.74. The number of nitrogens with one attached hydrogen (secondary N) is 1. The minimum Gasteiger partial charge on any atom is -0.462 e. The number of ketones is 1. The number of Topliss-reactive ketones (excluding diaryl/α,β-unsaturated/α-hetero) is 1. The number of rotatable bonds is 6. The third kappa shape index (κ3) is 3.84. The first-order chi connectivity index (χ1) is 9.61. The van der Waals surface area contributed by atoms with E-state index in [-0.39, 0.29) is 23.9 Å². The Hall–Kier alpha value is -1.81. The van der Waals surface area contributed by atoms with Crippen molar-refractivity contribution >= 4 is 29.0 Å². The summed E-state index contributed by atoms with van der Waals surface area (Å²) in [6.07, 6.45) is 3.09. The summed E-state index contributed by atoms with van der Waals surface area (Å²) < 4.78 is 4.92. The Balaban J connectivity index is 2.14. The van der Waals surface area contributed by atoms with Gasteiger partial charge in [-0.15, -0.1) is 0 Å². The van der Waals surface area contributed by atoms with Crippen LogP contribution in [0.3, 0.4) is 0 Å². The number of carbonyl (C=O) groups excluding carboxylic acids is 2. The van der Waals surface area contributed by atoms with Crippen molar-refractivity contribution in [3.8, 4) is 0 Å². The van der Waals surface area contributed by atoms with Gasteiger partial charge in [-0.2, -0.15) is 0 Å². The first-order valence-corrected chi connectivity index (χ1v) is 6.93. The highest BCUT2D eigenvalue weighted by Gasteiger charge is 2.35. The molecule has 20 heavy (non-hydrogen) atoms. The zero-order chi connectivity index (χ0) is 14.5. The highest BCUT2D eigenvalue weighted by atomic mass is 35.5. The zero-order valence-corrected chi connectivity index (χ0v) is 11.9. The van der Waals surface area contributed by atoms with Crippen LogP contribution in [0, 0.1) is 5.92 Å². The molecular weight excluding hydrogens is 278 g/mol. The van der Waals surface area contributed by atoms with Crippen molar-refractivity contribution in [3.63, 3.8) is 0 Å². The maximum absolute atomic E-state index is 12.1. The molecule has 1 aromatic rings. The molecule has 1 aliphatic carbocycles. The summed E-state index contributed by atoms with van der Waals surface area (Å²) in [5.74, 6) is -0.774. The SMILES string of the molecule is CCOC(=O)/C(=C\Nc1cccc(Cl)c1)C(=O)C1CC1. The molecule has 0 atom stereocenters. The summed E-state index contributed by atoms with van der Waals surface area (Å²) in [6, 6.07) is 7.04. The molecule has 0 bridgehead atoms. The first-order valence-electron chi connectivity index (χ1n) is 6.55. The van der Waals surface area contributed by atoms with Crippen LogP contribution in [0.1, 0.15) is 19.8 Å². The number of carbonyl (C=O) groups is 2. The lowest BCUT2D eigenvalue weighted by atomic mass is 10.1. The monoisotopic (exact) mass is 293 g/mol. The molecule has 0 saturated heterocycles. The average molecular weight is 294 g/mol. The van der Waals surface area contributed by atoms with Gasteiger partial charge in [0, 0.05) is 22.8 Å². The van der Waals surface area contributed by atoms with Gasteiger partial charge in [0.2, 0.25) is 0 Å². The highest BCUT2D eigenvalue weighted by Crippen LogP contribution is 2.32. The summed E-state index contributed by atoms with van der Waals surface area (Å²) in [7, 11) is 0. The summed E-state index contributed by atoms with van der Waals surface area (Å²) in [5, 5.41) is 3.50. The number of hydrogen-bond acceptors (Lipinski definition) is 4. The van der Waals surface area contributed by atoms with Crippen LogP contribution in [0.25, 0.3) is 0 Å². The number of halogens is 1. The van der Waals surface area contributed by atoms with Crippen molar-refractivity contribution in [1.82, 2.24) is 0 Å². The van der Waals surface area contributed by atoms with Crippen molar-refractivity contribution < 1.29 is 14.3 Å². The van der Waals surface area contributed by atoms with Crippen LogP contribution in [0.15, 0.2) is 36.0 Å². The molecule has 0 amide bonds. The summed E-state index contributed by atoms with van der Waals surface area (Å²) >= 11 is 5.88. The smallest absolute Gasteiger partial charge is 0.343 e. The lowest BCUT2D eigenvalue weighted by Crippen LogP contribution is -2.18. The third-order valence-electron chi connectivity index (χ3n) is 2.92. The van der Waals surface area contributed by atoms with Crippen LogP contribution in [0.2, 0.25) is 5.02 Å². The lowest BCUT2D eigenvalue weighted by Gasteiger charge is -2.07. The number of esters is 1. The van der Waals surface area contributed by atoms with Gasteiger partial charge in [-0.1, -0.05) is 17.7 Å². The second-order valence-electron chi connectivity index (χ2n) is 4.57. The van der Waals surface area contributed by atoms with E-state index >= 15 is 0 Å². The van der Waals surface area contributed by atoms with E-state index in [1.54, 1.807) is 31.2 Å². The van der Waals surface area contributed by atoms with E-state index in [4.69, 9.17) is 16.3 Å². The molecule has 0 aliphatic heterocycles. The summed E-state index contributed by atoms with van der Waals surface area (Å²) in [5.41, 5.74) is 0.775. The molecule has 106 valence electrons. The Morgan fingerprint density at radius 2 is 2.20 bits per heavy atom. The molecular formula is C15H16ClNO3. The second-order valence-corrected chi connectivity index (χ2v) is 5.01. The van der Waals surface area contributed by atoms with Gasteiger partial charge in [0.1, 0.15) is 5.57 Å². The van der Waals surface area contributed by atoms with E-state index in [9.17, 15) is 9.59 Å². The van der Waals surface area contributed by atoms with Gasteiger partial charge in [-0.05, 0) is 38.0 Å². The van der Waals surface area contributed by atoms with E-state index in [2.05, 4.69) is 5.32 Å². The molecule has 1 fully saturated rings. The quantitative estimate of drug-likeness (QED) is 0.379. The lowest BCUT2D eigenvalue weighted by molar-refractivity contribution is -0.140. The Labute approximate surface area is 122 Å². The molecule has 0 unspecified atom stereocenters. The van der Waals surface area contributed by atoms with Gasteiger partial charge >= 0.3 is 5.97 Å². The van der Waals surface area contributed by atoms with Crippen LogP contribution in [-0.2, 0) is 14.3 Å². The van der Waals surface area contributed by atoms with Gasteiger partial charge in [0.15, 0.2) is 5.78 Å². The van der Waals surface area contributed by atoms with Crippen LogP contribution in [-0.4, -0.2) is 18.4 Å². The minimum atomic E-state index is -0.584. The molecule has 4 nitrogen and oxygen atoms in total. The summed E-state index contributed by atoms with van der Waals surface area (Å²) in [4.78, 5) is 23.9. The molecule has 1 aromatic carbocycles. The number of anilines is 1. The Morgan fingerprint density at radius 3 is 2.80 bits per heavy atom. The number of ether oxygens (including phenoxy) is 1. The topological polar surface area (TPSA) is 55.4 Å². The molecule has 0 aromatic heterocycles. The zero-order valence-electron chi connectivity index (χ0n) is 11.2. The highest BCUT2D eigenvalue weighted by molar-refractivity contribution is 6.30. The average Bonchev–Trinajstić information content (AvgIpc) is 3.23. The molecule has 1 saturated carbocycles. The van der Waals surface area contributed by atoms with Gasteiger partial charge in [0.05, 0.1) is 6.61 Å². The molecule has 2 rings (SSSR count). The maximum Gasteiger partial charge on any atom is 0.343 e. The van der Waals surface area contributed by atoms with Crippen LogP contribution >= 0.6 is 11.6 Å². The molecule has 0 heterocycles. The van der Waals surface area contributed by atoms with Crippen LogP contribution < -0.4 is 5.32 Å². The third-order valence-corrected chi connectivity index (χ3v) is 3.15. The maximum atomic E-state index is 12.1. The molecule has 0 radical (unpaired) electrons. The fourth-order valence-corrected chi connectivity index (χ4v) is 1.93. The number of hydrogen-bond donors (Lipinski definition) is 1. The van der Waals surface area contributed by atoms with Gasteiger partial charge in [-0.3, -0.25) is 4.79 Å². The van der Waals surface area contributed by atoms with Crippen LogP contribution in [0.4, 0.5) is 5.69 Å². The Bertz CT molecular complexity index is 550. The molecule has 1 N–H and O–H groups in total. The van der Waals surface area contributed by atoms with E-state index < -0.39 is 5.97 Å². The second kappa shape index (κ2) is 6.57. The molecule has 1 aliphatic rings. The predicted molar refractivity (Wildman–Crippen MR) is 77.5 cm³/mol. The van der Waals surface area contributed by atoms with E-state index in [0.29, 0.717) is 10.7 Å². The van der Waals surface area contributed by atoms with Crippen molar-refractivity contribution in [2.75, 3.05) is 11.9 Å². The number of benzene rings is 1. The fraction of sp³-hybridized carbons (Fsp3) is 0.333. The summed E-state index contributed by atoms with van der Waals surface area (Å²) in [6.45, 7) is 1.95. The standard InChI is InChI=1S/C15H16ClNO3/c1-2-20-15(19)13(14(18)10-6-7-10)9-17-12-5-3-4-11(16)8-12/h3-5,8-10,17H,2,6-7H2,1H3/b13-9-. The van der Waals surface area contributed by atoms with E-state index in [1.807, 2.05) is 0 Å². The predicted octanol–water partition coefficient (Wildman–Crippen LogP) is 3.18. The Morgan fingerprint density at radius 1 is 1.45 bits per heavy atom. The minimum absolute atomic E-state index is 0.0354. The largest absolute Gasteiger partial charge is 0.462 e. The first kappa shape index (κ1) is 14.6.